The van der Waals surface area contributed by atoms with E-state index in [4.69, 9.17) is 0 Å². The monoisotopic (exact) mass is 445 g/mol. The average Bonchev–Trinajstić information content (AvgIpc) is 3.01. The molecular weight excluding hydrogens is 429 g/mol. The van der Waals surface area contributed by atoms with Crippen molar-refractivity contribution < 1.29 is 14.0 Å². The van der Waals surface area contributed by atoms with Gasteiger partial charge in [0.05, 0.1) is 5.69 Å². The van der Waals surface area contributed by atoms with Gasteiger partial charge in [-0.05, 0) is 55.8 Å². The Hall–Kier alpha value is -3.07. The van der Waals surface area contributed by atoms with Crippen molar-refractivity contribution in [2.24, 2.45) is 0 Å². The Labute approximate surface area is 169 Å². The fourth-order valence-corrected chi connectivity index (χ4v) is 2.72. The van der Waals surface area contributed by atoms with Crippen molar-refractivity contribution >= 4 is 39.1 Å². The van der Waals surface area contributed by atoms with Gasteiger partial charge in [0.25, 0.3) is 5.91 Å². The van der Waals surface area contributed by atoms with Crippen LogP contribution in [0.3, 0.4) is 0 Å². The third-order valence-corrected chi connectivity index (χ3v) is 4.58. The number of anilines is 2. The van der Waals surface area contributed by atoms with E-state index in [0.717, 1.165) is 4.47 Å². The molecule has 2 aromatic carbocycles. The van der Waals surface area contributed by atoms with Gasteiger partial charge in [0.2, 0.25) is 5.91 Å². The third kappa shape index (κ3) is 4.61. The largest absolute Gasteiger partial charge is 0.324 e. The Morgan fingerprint density at radius 2 is 1.75 bits per heavy atom. The van der Waals surface area contributed by atoms with Crippen LogP contribution >= 0.6 is 15.9 Å². The highest BCUT2D eigenvalue weighted by Gasteiger charge is 2.18. The van der Waals surface area contributed by atoms with E-state index in [1.165, 1.54) is 10.7 Å². The molecule has 7 nitrogen and oxygen atoms in total. The van der Waals surface area contributed by atoms with E-state index in [-0.39, 0.29) is 18.1 Å². The van der Waals surface area contributed by atoms with Crippen LogP contribution in [0.15, 0.2) is 46.9 Å². The van der Waals surface area contributed by atoms with Gasteiger partial charge in [0.1, 0.15) is 12.4 Å². The predicted octanol–water partition coefficient (Wildman–Crippen LogP) is 3.69. The van der Waals surface area contributed by atoms with Gasteiger partial charge in [-0.3, -0.25) is 9.59 Å². The normalized spacial score (nSPS) is 10.6. The highest BCUT2D eigenvalue weighted by molar-refractivity contribution is 9.10. The number of nitrogens with zero attached hydrogens (tertiary/aromatic N) is 3. The molecule has 3 aromatic rings. The molecule has 0 radical (unpaired) electrons. The van der Waals surface area contributed by atoms with Crippen molar-refractivity contribution in [2.45, 2.75) is 20.4 Å². The predicted molar refractivity (Wildman–Crippen MR) is 107 cm³/mol. The Morgan fingerprint density at radius 1 is 1.07 bits per heavy atom. The molecule has 0 spiro atoms. The molecule has 28 heavy (non-hydrogen) atoms. The maximum atomic E-state index is 13.6. The van der Waals surface area contributed by atoms with Gasteiger partial charge in [-0.15, -0.1) is 5.10 Å². The van der Waals surface area contributed by atoms with E-state index in [1.54, 1.807) is 38.1 Å². The second kappa shape index (κ2) is 8.30. The third-order valence-electron chi connectivity index (χ3n) is 4.05. The summed E-state index contributed by atoms with van der Waals surface area (Å²) in [4.78, 5) is 24.6. The molecule has 0 bridgehead atoms. The molecule has 0 atom stereocenters. The van der Waals surface area contributed by atoms with E-state index in [2.05, 4.69) is 36.9 Å². The molecule has 1 aromatic heterocycles. The number of halogens is 2. The summed E-state index contributed by atoms with van der Waals surface area (Å²) in [5.41, 5.74) is 1.94. The van der Waals surface area contributed by atoms with Crippen LogP contribution in [0.1, 0.15) is 21.7 Å². The number of rotatable bonds is 5. The molecule has 0 aliphatic heterocycles. The smallest absolute Gasteiger partial charge is 0.278 e. The van der Waals surface area contributed by atoms with Crippen molar-refractivity contribution in [1.29, 1.82) is 0 Å². The SMILES string of the molecule is Cc1ccc(NC(=O)c2nnn(CC(=O)Nc3ccc(Br)cc3)c2C)cc1F. The van der Waals surface area contributed by atoms with Crippen molar-refractivity contribution in [2.75, 3.05) is 10.6 Å². The molecule has 2 amide bonds. The fourth-order valence-electron chi connectivity index (χ4n) is 2.45. The second-order valence-corrected chi connectivity index (χ2v) is 7.07. The first-order valence-electron chi connectivity index (χ1n) is 8.36. The summed E-state index contributed by atoms with van der Waals surface area (Å²) in [7, 11) is 0. The summed E-state index contributed by atoms with van der Waals surface area (Å²) >= 11 is 3.33. The first-order chi connectivity index (χ1) is 13.3. The molecule has 1 heterocycles. The Kier molecular flexibility index (Phi) is 5.84. The lowest BCUT2D eigenvalue weighted by Gasteiger charge is -2.07. The Bertz CT molecular complexity index is 1030. The van der Waals surface area contributed by atoms with Crippen LogP contribution in [0.2, 0.25) is 0 Å². The topological polar surface area (TPSA) is 88.9 Å². The molecule has 0 aliphatic carbocycles. The van der Waals surface area contributed by atoms with E-state index < -0.39 is 11.7 Å². The highest BCUT2D eigenvalue weighted by Crippen LogP contribution is 2.16. The van der Waals surface area contributed by atoms with Crippen molar-refractivity contribution in [3.8, 4) is 0 Å². The molecule has 0 aliphatic rings. The summed E-state index contributed by atoms with van der Waals surface area (Å²) in [6.07, 6.45) is 0. The first-order valence-corrected chi connectivity index (χ1v) is 9.16. The molecule has 0 fully saturated rings. The van der Waals surface area contributed by atoms with Crippen molar-refractivity contribution in [1.82, 2.24) is 15.0 Å². The van der Waals surface area contributed by atoms with Crippen LogP contribution in [0.25, 0.3) is 0 Å². The molecule has 0 saturated heterocycles. The average molecular weight is 446 g/mol. The number of hydrogen-bond donors (Lipinski definition) is 2. The van der Waals surface area contributed by atoms with E-state index in [9.17, 15) is 14.0 Å². The van der Waals surface area contributed by atoms with Crippen LogP contribution in [0.4, 0.5) is 15.8 Å². The Morgan fingerprint density at radius 3 is 2.43 bits per heavy atom. The molecule has 0 saturated carbocycles. The number of amides is 2. The minimum Gasteiger partial charge on any atom is -0.324 e. The van der Waals surface area contributed by atoms with Crippen LogP contribution in [0.5, 0.6) is 0 Å². The lowest BCUT2D eigenvalue weighted by molar-refractivity contribution is -0.117. The van der Waals surface area contributed by atoms with Gasteiger partial charge < -0.3 is 10.6 Å². The zero-order valence-electron chi connectivity index (χ0n) is 15.2. The van der Waals surface area contributed by atoms with Gasteiger partial charge in [-0.25, -0.2) is 9.07 Å². The number of carbonyl (C=O) groups is 2. The van der Waals surface area contributed by atoms with E-state index >= 15 is 0 Å². The van der Waals surface area contributed by atoms with E-state index in [0.29, 0.717) is 22.6 Å². The van der Waals surface area contributed by atoms with Gasteiger partial charge in [0, 0.05) is 15.8 Å². The molecule has 144 valence electrons. The molecular formula is C19H17BrFN5O2. The van der Waals surface area contributed by atoms with Crippen molar-refractivity contribution in [3.63, 3.8) is 0 Å². The minimum absolute atomic E-state index is 0.0671. The van der Waals surface area contributed by atoms with Crippen LogP contribution < -0.4 is 10.6 Å². The lowest BCUT2D eigenvalue weighted by atomic mass is 10.2. The zero-order chi connectivity index (χ0) is 20.3. The van der Waals surface area contributed by atoms with Crippen LogP contribution in [-0.2, 0) is 11.3 Å². The molecule has 0 unspecified atom stereocenters. The standard InChI is InChI=1S/C19H17BrFN5O2/c1-11-3-6-15(9-16(11)21)23-19(28)18-12(2)26(25-24-18)10-17(27)22-14-7-4-13(20)5-8-14/h3-9H,10H2,1-2H3,(H,22,27)(H,23,28). The van der Waals surface area contributed by atoms with Crippen molar-refractivity contribution in [3.05, 3.63) is 69.7 Å². The zero-order valence-corrected chi connectivity index (χ0v) is 16.7. The number of benzene rings is 2. The van der Waals surface area contributed by atoms with Crippen LogP contribution in [0, 0.1) is 19.7 Å². The van der Waals surface area contributed by atoms with Crippen LogP contribution in [-0.4, -0.2) is 26.8 Å². The lowest BCUT2D eigenvalue weighted by Crippen LogP contribution is -2.21. The number of nitrogens with one attached hydrogen (secondary N) is 2. The first kappa shape index (κ1) is 19.7. The summed E-state index contributed by atoms with van der Waals surface area (Å²) in [5, 5.41) is 13.0. The number of carbonyl (C=O) groups excluding carboxylic acids is 2. The molecule has 3 rings (SSSR count). The maximum absolute atomic E-state index is 13.6. The summed E-state index contributed by atoms with van der Waals surface area (Å²) in [6, 6.07) is 11.5. The maximum Gasteiger partial charge on any atom is 0.278 e. The van der Waals surface area contributed by atoms with Gasteiger partial charge in [0.15, 0.2) is 5.69 Å². The quantitative estimate of drug-likeness (QED) is 0.626. The number of aromatic nitrogens is 3. The minimum atomic E-state index is -0.527. The van der Waals surface area contributed by atoms with Gasteiger partial charge in [-0.1, -0.05) is 27.2 Å². The highest BCUT2D eigenvalue weighted by atomic mass is 79.9. The van der Waals surface area contributed by atoms with E-state index in [1.807, 2.05) is 12.1 Å². The molecule has 2 N–H and O–H groups in total. The second-order valence-electron chi connectivity index (χ2n) is 6.15. The van der Waals surface area contributed by atoms with Gasteiger partial charge in [-0.2, -0.15) is 0 Å². The molecule has 9 heteroatoms. The fraction of sp³-hybridized carbons (Fsp3) is 0.158. The van der Waals surface area contributed by atoms with Gasteiger partial charge >= 0.3 is 0 Å². The summed E-state index contributed by atoms with van der Waals surface area (Å²) < 4.78 is 15.9. The summed E-state index contributed by atoms with van der Waals surface area (Å²) in [5.74, 6) is -1.24. The Balaban J connectivity index is 1.67. The number of aryl methyl sites for hydroxylation is 1. The summed E-state index contributed by atoms with van der Waals surface area (Å²) in [6.45, 7) is 3.18. The number of hydrogen-bond acceptors (Lipinski definition) is 4.